The Balaban J connectivity index is 2.56. The van der Waals surface area contributed by atoms with Gasteiger partial charge in [0.15, 0.2) is 4.90 Å². The number of carbonyl (C=O) groups is 1. The number of nitro benzene ring substituents is 1. The fraction of sp³-hybridized carbons (Fsp3) is 0.316. The summed E-state index contributed by atoms with van der Waals surface area (Å²) in [7, 11) is -2.72. The van der Waals surface area contributed by atoms with E-state index in [0.717, 1.165) is 6.07 Å². The topological polar surface area (TPSA) is 107 Å². The maximum absolute atomic E-state index is 13.4. The monoisotopic (exact) mass is 406 g/mol. The molecule has 9 heteroatoms. The molecule has 0 radical (unpaired) electrons. The highest BCUT2D eigenvalue weighted by atomic mass is 32.2. The number of carbonyl (C=O) groups excluding carboxylic acids is 1. The number of para-hydroxylation sites is 2. The van der Waals surface area contributed by atoms with Crippen molar-refractivity contribution < 1.29 is 22.9 Å². The lowest BCUT2D eigenvalue weighted by Gasteiger charge is -2.29. The molecule has 0 amide bonds. The van der Waals surface area contributed by atoms with Crippen LogP contribution in [0, 0.1) is 10.1 Å². The van der Waals surface area contributed by atoms with Crippen molar-refractivity contribution in [3.05, 3.63) is 64.2 Å². The third-order valence-electron chi connectivity index (χ3n) is 4.37. The van der Waals surface area contributed by atoms with Crippen molar-refractivity contribution in [3.63, 3.8) is 0 Å². The van der Waals surface area contributed by atoms with Gasteiger partial charge in [-0.3, -0.25) is 10.1 Å². The molecule has 0 heterocycles. The SMILES string of the molecule is COc1ccccc1C(C)N(CCCC=O)S(=O)(=O)c1ccccc1[N+](=O)[O-]. The fourth-order valence-corrected chi connectivity index (χ4v) is 4.78. The van der Waals surface area contributed by atoms with Crippen LogP contribution in [0.1, 0.15) is 31.4 Å². The van der Waals surface area contributed by atoms with E-state index in [1.165, 1.54) is 29.6 Å². The third-order valence-corrected chi connectivity index (χ3v) is 6.39. The predicted octanol–water partition coefficient (Wildman–Crippen LogP) is 3.33. The summed E-state index contributed by atoms with van der Waals surface area (Å²) in [6.45, 7) is 1.72. The molecule has 0 saturated heterocycles. The molecule has 0 saturated carbocycles. The van der Waals surface area contributed by atoms with Crippen molar-refractivity contribution in [2.75, 3.05) is 13.7 Å². The van der Waals surface area contributed by atoms with E-state index < -0.39 is 26.7 Å². The van der Waals surface area contributed by atoms with Crippen LogP contribution in [0.25, 0.3) is 0 Å². The Morgan fingerprint density at radius 2 is 1.82 bits per heavy atom. The van der Waals surface area contributed by atoms with E-state index in [4.69, 9.17) is 4.74 Å². The van der Waals surface area contributed by atoms with Crippen LogP contribution in [0.3, 0.4) is 0 Å². The predicted molar refractivity (Wildman–Crippen MR) is 104 cm³/mol. The first-order valence-corrected chi connectivity index (χ1v) is 10.1. The second-order valence-corrected chi connectivity index (χ2v) is 7.93. The van der Waals surface area contributed by atoms with Crippen LogP contribution in [0.2, 0.25) is 0 Å². The maximum Gasteiger partial charge on any atom is 0.289 e. The summed E-state index contributed by atoms with van der Waals surface area (Å²) in [5.74, 6) is 0.508. The molecular formula is C19H22N2O6S. The van der Waals surface area contributed by atoms with E-state index in [0.29, 0.717) is 24.0 Å². The third kappa shape index (κ3) is 4.55. The summed E-state index contributed by atoms with van der Waals surface area (Å²) in [4.78, 5) is 21.0. The molecule has 0 N–H and O–H groups in total. The highest BCUT2D eigenvalue weighted by Crippen LogP contribution is 2.35. The molecule has 150 valence electrons. The van der Waals surface area contributed by atoms with E-state index in [9.17, 15) is 23.3 Å². The van der Waals surface area contributed by atoms with Gasteiger partial charge in [-0.2, -0.15) is 4.31 Å². The van der Waals surface area contributed by atoms with Gasteiger partial charge < -0.3 is 9.53 Å². The molecule has 0 aliphatic heterocycles. The van der Waals surface area contributed by atoms with Crippen molar-refractivity contribution in [1.29, 1.82) is 0 Å². The summed E-state index contributed by atoms with van der Waals surface area (Å²) >= 11 is 0. The van der Waals surface area contributed by atoms with Gasteiger partial charge >= 0.3 is 0 Å². The molecule has 0 bridgehead atoms. The van der Waals surface area contributed by atoms with Crippen LogP contribution in [0.15, 0.2) is 53.4 Å². The molecular weight excluding hydrogens is 384 g/mol. The van der Waals surface area contributed by atoms with E-state index in [1.54, 1.807) is 31.2 Å². The Morgan fingerprint density at radius 1 is 1.18 bits per heavy atom. The number of methoxy groups -OCH3 is 1. The van der Waals surface area contributed by atoms with Crippen LogP contribution < -0.4 is 4.74 Å². The highest BCUT2D eigenvalue weighted by Gasteiger charge is 2.35. The lowest BCUT2D eigenvalue weighted by atomic mass is 10.1. The molecule has 2 aromatic carbocycles. The van der Waals surface area contributed by atoms with Gasteiger partial charge in [0.25, 0.3) is 5.69 Å². The molecule has 0 aliphatic rings. The van der Waals surface area contributed by atoms with Crippen molar-refractivity contribution in [3.8, 4) is 5.75 Å². The summed E-state index contributed by atoms with van der Waals surface area (Å²) < 4.78 is 33.2. The van der Waals surface area contributed by atoms with Crippen molar-refractivity contribution in [1.82, 2.24) is 4.31 Å². The summed E-state index contributed by atoms with van der Waals surface area (Å²) in [5, 5.41) is 11.3. The normalized spacial score (nSPS) is 12.5. The molecule has 0 fully saturated rings. The van der Waals surface area contributed by atoms with Crippen LogP contribution in [-0.2, 0) is 14.8 Å². The van der Waals surface area contributed by atoms with Gasteiger partial charge in [0, 0.05) is 24.6 Å². The number of unbranched alkanes of at least 4 members (excludes halogenated alkanes) is 1. The van der Waals surface area contributed by atoms with Gasteiger partial charge in [-0.25, -0.2) is 8.42 Å². The van der Waals surface area contributed by atoms with Gasteiger partial charge in [-0.15, -0.1) is 0 Å². The zero-order chi connectivity index (χ0) is 20.7. The average Bonchev–Trinajstić information content (AvgIpc) is 2.70. The number of aldehydes is 1. The number of nitrogens with zero attached hydrogens (tertiary/aromatic N) is 2. The van der Waals surface area contributed by atoms with E-state index >= 15 is 0 Å². The van der Waals surface area contributed by atoms with Crippen LogP contribution in [-0.4, -0.2) is 37.6 Å². The summed E-state index contributed by atoms with van der Waals surface area (Å²) in [5.41, 5.74) is 0.133. The molecule has 1 unspecified atom stereocenters. The minimum Gasteiger partial charge on any atom is -0.496 e. The highest BCUT2D eigenvalue weighted by molar-refractivity contribution is 7.89. The molecule has 0 spiro atoms. The number of sulfonamides is 1. The molecule has 2 aromatic rings. The van der Waals surface area contributed by atoms with E-state index in [2.05, 4.69) is 0 Å². The zero-order valence-corrected chi connectivity index (χ0v) is 16.5. The van der Waals surface area contributed by atoms with Gasteiger partial charge in [-0.05, 0) is 25.5 Å². The average molecular weight is 406 g/mol. The lowest BCUT2D eigenvalue weighted by molar-refractivity contribution is -0.387. The Bertz CT molecular complexity index is 945. The number of hydrogen-bond acceptors (Lipinski definition) is 6. The van der Waals surface area contributed by atoms with Crippen molar-refractivity contribution >= 4 is 22.0 Å². The standard InChI is InChI=1S/C19H22N2O6S/c1-15(16-9-3-5-11-18(16)27-2)20(13-7-8-14-22)28(25,26)19-12-6-4-10-17(19)21(23)24/h3-6,9-12,14-15H,7-8,13H2,1-2H3. The second kappa shape index (κ2) is 9.43. The molecule has 0 aromatic heterocycles. The van der Waals surface area contributed by atoms with Crippen LogP contribution in [0.5, 0.6) is 5.75 Å². The van der Waals surface area contributed by atoms with E-state index in [-0.39, 0.29) is 17.9 Å². The van der Waals surface area contributed by atoms with Gasteiger partial charge in [-0.1, -0.05) is 30.3 Å². The minimum atomic E-state index is -4.21. The molecule has 1 atom stereocenters. The van der Waals surface area contributed by atoms with Crippen molar-refractivity contribution in [2.45, 2.75) is 30.7 Å². The number of hydrogen-bond donors (Lipinski definition) is 0. The summed E-state index contributed by atoms with van der Waals surface area (Å²) in [6.07, 6.45) is 1.19. The number of benzene rings is 2. The lowest BCUT2D eigenvalue weighted by Crippen LogP contribution is -2.35. The van der Waals surface area contributed by atoms with Gasteiger partial charge in [0.1, 0.15) is 12.0 Å². The zero-order valence-electron chi connectivity index (χ0n) is 15.6. The Labute approximate surface area is 163 Å². The van der Waals surface area contributed by atoms with E-state index in [1.807, 2.05) is 0 Å². The minimum absolute atomic E-state index is 0.0341. The molecule has 28 heavy (non-hydrogen) atoms. The number of rotatable bonds is 10. The molecule has 8 nitrogen and oxygen atoms in total. The maximum atomic E-state index is 13.4. The largest absolute Gasteiger partial charge is 0.496 e. The fourth-order valence-electron chi connectivity index (χ4n) is 2.97. The van der Waals surface area contributed by atoms with Crippen LogP contribution in [0.4, 0.5) is 5.69 Å². The Morgan fingerprint density at radius 3 is 2.46 bits per heavy atom. The van der Waals surface area contributed by atoms with Crippen LogP contribution >= 0.6 is 0 Å². The molecule has 0 aliphatic carbocycles. The van der Waals surface area contributed by atoms with Gasteiger partial charge in [0.05, 0.1) is 18.1 Å². The van der Waals surface area contributed by atoms with Crippen molar-refractivity contribution in [2.24, 2.45) is 0 Å². The first kappa shape index (κ1) is 21.5. The Kier molecular flexibility index (Phi) is 7.24. The Hall–Kier alpha value is -2.78. The first-order valence-electron chi connectivity index (χ1n) is 8.66. The second-order valence-electron chi connectivity index (χ2n) is 6.07. The number of ether oxygens (including phenoxy) is 1. The molecule has 2 rings (SSSR count). The van der Waals surface area contributed by atoms with Gasteiger partial charge in [0.2, 0.25) is 10.0 Å². The number of nitro groups is 1. The smallest absolute Gasteiger partial charge is 0.289 e. The first-order chi connectivity index (χ1) is 13.3. The summed E-state index contributed by atoms with van der Waals surface area (Å²) in [6, 6.07) is 11.6. The quantitative estimate of drug-likeness (QED) is 0.259.